The average molecular weight is 450 g/mol. The van der Waals surface area contributed by atoms with Crippen LogP contribution in [0.4, 0.5) is 13.2 Å². The summed E-state index contributed by atoms with van der Waals surface area (Å²) in [6.07, 6.45) is -1.09. The lowest BCUT2D eigenvalue weighted by Gasteiger charge is -2.26. The highest BCUT2D eigenvalue weighted by molar-refractivity contribution is 7.89. The van der Waals surface area contributed by atoms with Gasteiger partial charge in [0.25, 0.3) is 0 Å². The third-order valence-electron chi connectivity index (χ3n) is 4.30. The van der Waals surface area contributed by atoms with Crippen LogP contribution < -0.4 is 4.74 Å². The van der Waals surface area contributed by atoms with E-state index in [2.05, 4.69) is 10.1 Å². The van der Waals surface area contributed by atoms with Crippen LogP contribution in [-0.2, 0) is 41.4 Å². The maximum absolute atomic E-state index is 12.1. The number of halogens is 3. The molecule has 2 aromatic rings. The van der Waals surface area contributed by atoms with Gasteiger partial charge in [0.05, 0.1) is 11.9 Å². The second-order valence-electron chi connectivity index (χ2n) is 6.26. The lowest BCUT2D eigenvalue weighted by Crippen LogP contribution is -2.37. The van der Waals surface area contributed by atoms with Crippen molar-refractivity contribution < 1.29 is 36.2 Å². The standard InChI is InChI=1S/C15H20N4O3S.C2HF3O2/c1-3-23(20,21)19-8-6-15-13(10-19)14(17-18(15)2)11-22-12-5-4-7-16-9-12;3-2(4,5)1(6)7/h4-5,7,9H,3,6,8,10-11H2,1-2H3;(H,6,7). The van der Waals surface area contributed by atoms with Crippen LogP contribution in [0.2, 0.25) is 0 Å². The number of carbonyl (C=O) groups is 1. The van der Waals surface area contributed by atoms with Crippen molar-refractivity contribution in [3.05, 3.63) is 41.5 Å². The van der Waals surface area contributed by atoms with Gasteiger partial charge in [-0.15, -0.1) is 0 Å². The fourth-order valence-electron chi connectivity index (χ4n) is 2.77. The summed E-state index contributed by atoms with van der Waals surface area (Å²) in [5, 5.41) is 11.6. The summed E-state index contributed by atoms with van der Waals surface area (Å²) in [7, 11) is -1.31. The van der Waals surface area contributed by atoms with E-state index in [0.29, 0.717) is 31.9 Å². The first-order chi connectivity index (χ1) is 14.0. The molecule has 0 unspecified atom stereocenters. The summed E-state index contributed by atoms with van der Waals surface area (Å²) in [5.41, 5.74) is 2.82. The van der Waals surface area contributed by atoms with Gasteiger partial charge < -0.3 is 9.84 Å². The molecule has 3 heterocycles. The maximum atomic E-state index is 12.1. The van der Waals surface area contributed by atoms with Gasteiger partial charge in [0.15, 0.2) is 0 Å². The van der Waals surface area contributed by atoms with Crippen LogP contribution in [0.15, 0.2) is 24.5 Å². The molecular weight excluding hydrogens is 429 g/mol. The van der Waals surface area contributed by atoms with Crippen molar-refractivity contribution in [1.82, 2.24) is 19.1 Å². The average Bonchev–Trinajstić information content (AvgIpc) is 3.02. The second kappa shape index (κ2) is 9.43. The number of alkyl halides is 3. The van der Waals surface area contributed by atoms with Gasteiger partial charge >= 0.3 is 12.1 Å². The van der Waals surface area contributed by atoms with Crippen molar-refractivity contribution in [2.45, 2.75) is 32.7 Å². The quantitative estimate of drug-likeness (QED) is 0.738. The lowest BCUT2D eigenvalue weighted by molar-refractivity contribution is -0.192. The van der Waals surface area contributed by atoms with Crippen molar-refractivity contribution in [2.24, 2.45) is 7.05 Å². The molecule has 0 radical (unpaired) electrons. The molecule has 1 aliphatic rings. The van der Waals surface area contributed by atoms with Gasteiger partial charge in [-0.05, 0) is 19.1 Å². The van der Waals surface area contributed by atoms with Crippen molar-refractivity contribution in [3.8, 4) is 5.75 Å². The molecule has 0 aliphatic carbocycles. The molecular formula is C17H21F3N4O5S. The Balaban J connectivity index is 0.000000396. The predicted octanol–water partition coefficient (Wildman–Crippen LogP) is 1.74. The first kappa shape index (κ1) is 23.6. The van der Waals surface area contributed by atoms with Crippen LogP contribution in [-0.4, -0.2) is 57.0 Å². The fraction of sp³-hybridized carbons (Fsp3) is 0.471. The van der Waals surface area contributed by atoms with E-state index in [4.69, 9.17) is 14.6 Å². The van der Waals surface area contributed by atoms with Gasteiger partial charge in [-0.2, -0.15) is 22.6 Å². The van der Waals surface area contributed by atoms with Gasteiger partial charge in [-0.1, -0.05) is 0 Å². The number of hydrogen-bond acceptors (Lipinski definition) is 6. The number of pyridine rings is 1. The van der Waals surface area contributed by atoms with E-state index in [0.717, 1.165) is 17.0 Å². The summed E-state index contributed by atoms with van der Waals surface area (Å²) >= 11 is 0. The minimum Gasteiger partial charge on any atom is -0.486 e. The number of carboxylic acids is 1. The number of nitrogens with zero attached hydrogens (tertiary/aromatic N) is 4. The maximum Gasteiger partial charge on any atom is 0.490 e. The summed E-state index contributed by atoms with van der Waals surface area (Å²) in [5.74, 6) is -1.97. The molecule has 0 atom stereocenters. The summed E-state index contributed by atoms with van der Waals surface area (Å²) in [4.78, 5) is 12.9. The highest BCUT2D eigenvalue weighted by Gasteiger charge is 2.38. The Bertz CT molecular complexity index is 977. The number of aliphatic carboxylic acids is 1. The number of fused-ring (bicyclic) bond motifs is 1. The summed E-state index contributed by atoms with van der Waals surface area (Å²) in [6, 6.07) is 3.63. The van der Waals surface area contributed by atoms with Crippen molar-refractivity contribution >= 4 is 16.0 Å². The SMILES string of the molecule is CCS(=O)(=O)N1CCc2c(c(COc3cccnc3)nn2C)C1.O=C(O)C(F)(F)F. The summed E-state index contributed by atoms with van der Waals surface area (Å²) < 4.78 is 65.0. The molecule has 1 N–H and O–H groups in total. The molecule has 13 heteroatoms. The minimum absolute atomic E-state index is 0.115. The van der Waals surface area contributed by atoms with Crippen molar-refractivity contribution in [3.63, 3.8) is 0 Å². The molecule has 0 bridgehead atoms. The Morgan fingerprint density at radius 1 is 1.37 bits per heavy atom. The highest BCUT2D eigenvalue weighted by Crippen LogP contribution is 2.25. The first-order valence-electron chi connectivity index (χ1n) is 8.80. The normalized spacial score (nSPS) is 14.4. The number of hydrogen-bond donors (Lipinski definition) is 1. The van der Waals surface area contributed by atoms with Crippen LogP contribution in [0.3, 0.4) is 0 Å². The van der Waals surface area contributed by atoms with E-state index in [1.54, 1.807) is 25.4 Å². The van der Waals surface area contributed by atoms with E-state index in [1.807, 2.05) is 17.8 Å². The number of ether oxygens (including phenoxy) is 1. The topological polar surface area (TPSA) is 115 Å². The van der Waals surface area contributed by atoms with Gasteiger partial charge in [0.1, 0.15) is 18.1 Å². The number of aryl methyl sites for hydroxylation is 1. The molecule has 0 spiro atoms. The second-order valence-corrected chi connectivity index (χ2v) is 8.52. The fourth-order valence-corrected chi connectivity index (χ4v) is 3.83. The number of sulfonamides is 1. The molecule has 30 heavy (non-hydrogen) atoms. The van der Waals surface area contributed by atoms with Gasteiger partial charge in [0, 0.05) is 44.0 Å². The molecule has 3 rings (SSSR count). The Morgan fingerprint density at radius 3 is 2.57 bits per heavy atom. The molecule has 0 aromatic carbocycles. The smallest absolute Gasteiger partial charge is 0.486 e. The van der Waals surface area contributed by atoms with Gasteiger partial charge in [-0.25, -0.2) is 13.2 Å². The van der Waals surface area contributed by atoms with Crippen LogP contribution in [0, 0.1) is 0 Å². The molecule has 1 aliphatic heterocycles. The van der Waals surface area contributed by atoms with E-state index >= 15 is 0 Å². The van der Waals surface area contributed by atoms with E-state index < -0.39 is 22.2 Å². The Morgan fingerprint density at radius 2 is 2.03 bits per heavy atom. The number of rotatable bonds is 5. The Hall–Kier alpha value is -2.67. The zero-order valence-corrected chi connectivity index (χ0v) is 17.1. The number of carboxylic acid groups (broad SMARTS) is 1. The van der Waals surface area contributed by atoms with Gasteiger partial charge in [0.2, 0.25) is 10.0 Å². The molecule has 9 nitrogen and oxygen atoms in total. The largest absolute Gasteiger partial charge is 0.490 e. The first-order valence-corrected chi connectivity index (χ1v) is 10.4. The van der Waals surface area contributed by atoms with Crippen LogP contribution in [0.1, 0.15) is 23.9 Å². The van der Waals surface area contributed by atoms with Gasteiger partial charge in [-0.3, -0.25) is 9.67 Å². The zero-order chi connectivity index (χ0) is 22.5. The number of aromatic nitrogens is 3. The van der Waals surface area contributed by atoms with Crippen LogP contribution >= 0.6 is 0 Å². The molecule has 0 amide bonds. The van der Waals surface area contributed by atoms with Crippen molar-refractivity contribution in [2.75, 3.05) is 12.3 Å². The van der Waals surface area contributed by atoms with Crippen LogP contribution in [0.5, 0.6) is 5.75 Å². The molecule has 0 saturated heterocycles. The molecule has 2 aromatic heterocycles. The van der Waals surface area contributed by atoms with E-state index in [-0.39, 0.29) is 5.75 Å². The van der Waals surface area contributed by atoms with Crippen LogP contribution in [0.25, 0.3) is 0 Å². The molecule has 0 saturated carbocycles. The van der Waals surface area contributed by atoms with Crippen molar-refractivity contribution in [1.29, 1.82) is 0 Å². The lowest BCUT2D eigenvalue weighted by atomic mass is 10.1. The highest BCUT2D eigenvalue weighted by atomic mass is 32.2. The Kier molecular flexibility index (Phi) is 7.42. The van der Waals surface area contributed by atoms with E-state index in [1.165, 1.54) is 4.31 Å². The zero-order valence-electron chi connectivity index (χ0n) is 16.3. The Labute approximate surface area is 171 Å². The molecule has 166 valence electrons. The third kappa shape index (κ3) is 5.92. The monoisotopic (exact) mass is 450 g/mol. The summed E-state index contributed by atoms with van der Waals surface area (Å²) in [6.45, 7) is 2.84. The minimum atomic E-state index is -5.08. The molecule has 0 fully saturated rings. The third-order valence-corrected chi connectivity index (χ3v) is 6.13. The predicted molar refractivity (Wildman–Crippen MR) is 99.0 cm³/mol. The van der Waals surface area contributed by atoms with E-state index in [9.17, 15) is 21.6 Å².